The molecule has 1 spiro atoms. The molecule has 0 saturated carbocycles. The molecular weight excluding hydrogens is 210 g/mol. The smallest absolute Gasteiger partial charge is 0.346 e. The van der Waals surface area contributed by atoms with Gasteiger partial charge in [0, 0.05) is 17.0 Å². The van der Waals surface area contributed by atoms with Gasteiger partial charge >= 0.3 is 6.03 Å². The maximum Gasteiger partial charge on any atom is 0.346 e. The molecule has 2 N–H and O–H groups in total. The number of rotatable bonds is 1. The molecule has 1 saturated heterocycles. The van der Waals surface area contributed by atoms with E-state index in [4.69, 9.17) is 5.73 Å². The SMILES string of the molecule is CC1CC2(CS1)C(N)=NC(=O)N2C(C)C. The highest BCUT2D eigenvalue weighted by Crippen LogP contribution is 2.42. The monoisotopic (exact) mass is 227 g/mol. The number of carbonyl (C=O) groups is 1. The number of amidine groups is 1. The summed E-state index contributed by atoms with van der Waals surface area (Å²) >= 11 is 1.87. The lowest BCUT2D eigenvalue weighted by Gasteiger charge is -2.36. The van der Waals surface area contributed by atoms with Crippen molar-refractivity contribution >= 4 is 23.6 Å². The van der Waals surface area contributed by atoms with Gasteiger partial charge in [0.05, 0.1) is 0 Å². The van der Waals surface area contributed by atoms with Crippen molar-refractivity contribution in [2.75, 3.05) is 5.75 Å². The van der Waals surface area contributed by atoms with E-state index in [1.54, 1.807) is 0 Å². The van der Waals surface area contributed by atoms with E-state index in [1.165, 1.54) is 0 Å². The van der Waals surface area contributed by atoms with Crippen LogP contribution in [0.15, 0.2) is 4.99 Å². The Kier molecular flexibility index (Phi) is 2.45. The third-order valence-corrected chi connectivity index (χ3v) is 4.49. The number of nitrogens with two attached hydrogens (primary N) is 1. The van der Waals surface area contributed by atoms with Crippen LogP contribution in [0.4, 0.5) is 4.79 Å². The summed E-state index contributed by atoms with van der Waals surface area (Å²) in [7, 11) is 0. The molecule has 0 aromatic heterocycles. The van der Waals surface area contributed by atoms with Crippen LogP contribution in [0.2, 0.25) is 0 Å². The third kappa shape index (κ3) is 1.44. The summed E-state index contributed by atoms with van der Waals surface area (Å²) in [4.78, 5) is 17.5. The second kappa shape index (κ2) is 3.40. The second-order valence-corrected chi connectivity index (χ2v) is 6.03. The molecule has 2 atom stereocenters. The molecule has 2 aliphatic rings. The predicted octanol–water partition coefficient (Wildman–Crippen LogP) is 1.45. The van der Waals surface area contributed by atoms with Gasteiger partial charge in [-0.1, -0.05) is 6.92 Å². The van der Waals surface area contributed by atoms with Gasteiger partial charge < -0.3 is 10.6 Å². The predicted molar refractivity (Wildman–Crippen MR) is 63.3 cm³/mol. The highest BCUT2D eigenvalue weighted by atomic mass is 32.2. The zero-order valence-corrected chi connectivity index (χ0v) is 10.2. The Hall–Kier alpha value is -0.710. The van der Waals surface area contributed by atoms with Crippen LogP contribution in [0.3, 0.4) is 0 Å². The Morgan fingerprint density at radius 3 is 2.80 bits per heavy atom. The third-order valence-electron chi connectivity index (χ3n) is 3.11. The summed E-state index contributed by atoms with van der Waals surface area (Å²) in [5, 5.41) is 0.547. The van der Waals surface area contributed by atoms with Crippen molar-refractivity contribution in [1.29, 1.82) is 0 Å². The van der Waals surface area contributed by atoms with Crippen molar-refractivity contribution in [3.8, 4) is 0 Å². The van der Waals surface area contributed by atoms with Gasteiger partial charge in [0.15, 0.2) is 0 Å². The van der Waals surface area contributed by atoms with Crippen molar-refractivity contribution in [1.82, 2.24) is 4.90 Å². The van der Waals surface area contributed by atoms with Crippen LogP contribution in [0.25, 0.3) is 0 Å². The fourth-order valence-corrected chi connectivity index (χ4v) is 3.86. The molecule has 0 aliphatic carbocycles. The number of hydrogen-bond acceptors (Lipinski definition) is 3. The van der Waals surface area contributed by atoms with Crippen LogP contribution in [-0.2, 0) is 0 Å². The Labute approximate surface area is 94.3 Å². The topological polar surface area (TPSA) is 58.7 Å². The standard InChI is InChI=1S/C10H17N3OS/c1-6(2)13-9(14)12-8(11)10(13)4-7(3)15-5-10/h6-7H,4-5H2,1-3H3,(H2,11,12,14). The van der Waals surface area contributed by atoms with Crippen molar-refractivity contribution in [3.05, 3.63) is 0 Å². The molecule has 2 amide bonds. The van der Waals surface area contributed by atoms with Gasteiger partial charge in [-0.05, 0) is 20.3 Å². The maximum absolute atomic E-state index is 11.7. The minimum absolute atomic E-state index is 0.160. The summed E-state index contributed by atoms with van der Waals surface area (Å²) in [5.74, 6) is 1.39. The molecule has 2 unspecified atom stereocenters. The zero-order chi connectivity index (χ0) is 11.2. The summed E-state index contributed by atoms with van der Waals surface area (Å²) in [6.45, 7) is 6.21. The molecule has 1 fully saturated rings. The van der Waals surface area contributed by atoms with Crippen molar-refractivity contribution in [2.24, 2.45) is 10.7 Å². The molecule has 2 aliphatic heterocycles. The maximum atomic E-state index is 11.7. The van der Waals surface area contributed by atoms with Gasteiger partial charge in [0.2, 0.25) is 0 Å². The van der Waals surface area contributed by atoms with Crippen LogP contribution in [0.5, 0.6) is 0 Å². The average molecular weight is 227 g/mol. The van der Waals surface area contributed by atoms with Crippen LogP contribution in [0, 0.1) is 0 Å². The van der Waals surface area contributed by atoms with Gasteiger partial charge in [0.25, 0.3) is 0 Å². The summed E-state index contributed by atoms with van der Waals surface area (Å²) in [5.41, 5.74) is 5.63. The van der Waals surface area contributed by atoms with E-state index in [0.717, 1.165) is 12.2 Å². The first-order chi connectivity index (χ1) is 6.97. The molecule has 5 heteroatoms. The number of thioether (sulfide) groups is 1. The molecular formula is C10H17N3OS. The average Bonchev–Trinajstić information content (AvgIpc) is 2.57. The fraction of sp³-hybridized carbons (Fsp3) is 0.800. The van der Waals surface area contributed by atoms with Crippen LogP contribution >= 0.6 is 11.8 Å². The van der Waals surface area contributed by atoms with Crippen molar-refractivity contribution in [3.63, 3.8) is 0 Å². The Morgan fingerprint density at radius 1 is 1.67 bits per heavy atom. The lowest BCUT2D eigenvalue weighted by molar-refractivity contribution is 0.156. The molecule has 15 heavy (non-hydrogen) atoms. The van der Waals surface area contributed by atoms with Gasteiger partial charge in [-0.25, -0.2) is 4.79 Å². The molecule has 2 heterocycles. The summed E-state index contributed by atoms with van der Waals surface area (Å²) in [6.07, 6.45) is 0.927. The highest BCUT2D eigenvalue weighted by molar-refractivity contribution is 8.00. The van der Waals surface area contributed by atoms with E-state index >= 15 is 0 Å². The second-order valence-electron chi connectivity index (χ2n) is 4.60. The number of carbonyl (C=O) groups excluding carboxylic acids is 1. The van der Waals surface area contributed by atoms with E-state index in [0.29, 0.717) is 11.1 Å². The minimum atomic E-state index is -0.296. The van der Waals surface area contributed by atoms with Crippen molar-refractivity contribution < 1.29 is 4.79 Å². The van der Waals surface area contributed by atoms with E-state index in [-0.39, 0.29) is 17.6 Å². The lowest BCUT2D eigenvalue weighted by atomic mass is 9.93. The normalized spacial score (nSPS) is 35.7. The summed E-state index contributed by atoms with van der Waals surface area (Å²) < 4.78 is 0. The number of urea groups is 1. The van der Waals surface area contributed by atoms with Gasteiger partial charge in [0.1, 0.15) is 11.4 Å². The molecule has 0 aromatic rings. The Bertz CT molecular complexity index is 329. The van der Waals surface area contributed by atoms with Crippen LogP contribution < -0.4 is 5.73 Å². The molecule has 0 radical (unpaired) electrons. The minimum Gasteiger partial charge on any atom is -0.385 e. The number of aliphatic imine (C=N–C) groups is 1. The van der Waals surface area contributed by atoms with Gasteiger partial charge in [-0.3, -0.25) is 0 Å². The first-order valence-corrected chi connectivity index (χ1v) is 6.32. The lowest BCUT2D eigenvalue weighted by Crippen LogP contribution is -2.57. The Morgan fingerprint density at radius 2 is 2.33 bits per heavy atom. The van der Waals surface area contributed by atoms with E-state index < -0.39 is 0 Å². The first-order valence-electron chi connectivity index (χ1n) is 5.27. The Balaban J connectivity index is 2.36. The molecule has 4 nitrogen and oxygen atoms in total. The summed E-state index contributed by atoms with van der Waals surface area (Å²) in [6, 6.07) is -0.00889. The number of nitrogens with zero attached hydrogens (tertiary/aromatic N) is 2. The highest BCUT2D eigenvalue weighted by Gasteiger charge is 2.53. The largest absolute Gasteiger partial charge is 0.385 e. The van der Waals surface area contributed by atoms with E-state index in [9.17, 15) is 4.79 Å². The number of hydrogen-bond donors (Lipinski definition) is 1. The first kappa shape index (κ1) is 10.8. The fourth-order valence-electron chi connectivity index (χ4n) is 2.50. The molecule has 0 aromatic carbocycles. The van der Waals surface area contributed by atoms with Crippen LogP contribution in [0.1, 0.15) is 27.2 Å². The molecule has 0 bridgehead atoms. The quantitative estimate of drug-likeness (QED) is 0.737. The van der Waals surface area contributed by atoms with Crippen molar-refractivity contribution in [2.45, 2.75) is 44.0 Å². The number of amides is 2. The zero-order valence-electron chi connectivity index (χ0n) is 9.36. The van der Waals surface area contributed by atoms with Gasteiger partial charge in [-0.2, -0.15) is 16.8 Å². The molecule has 2 rings (SSSR count). The van der Waals surface area contributed by atoms with Crippen LogP contribution in [-0.4, -0.2) is 39.4 Å². The van der Waals surface area contributed by atoms with Gasteiger partial charge in [-0.15, -0.1) is 0 Å². The van der Waals surface area contributed by atoms with E-state index in [1.807, 2.05) is 30.5 Å². The molecule has 84 valence electrons. The van der Waals surface area contributed by atoms with E-state index in [2.05, 4.69) is 11.9 Å².